The molecular formula is C26H22ClN3O3S. The molecular weight excluding hydrogens is 470 g/mol. The summed E-state index contributed by atoms with van der Waals surface area (Å²) >= 11 is 7.33. The summed E-state index contributed by atoms with van der Waals surface area (Å²) in [4.78, 5) is 28.8. The summed E-state index contributed by atoms with van der Waals surface area (Å²) in [6, 6.07) is 18.6. The molecule has 3 aromatic rings. The molecule has 0 spiro atoms. The molecule has 2 unspecified atom stereocenters. The number of carboxylic acids is 1. The van der Waals surface area contributed by atoms with E-state index in [-0.39, 0.29) is 22.2 Å². The van der Waals surface area contributed by atoms with Gasteiger partial charge in [0, 0.05) is 5.69 Å². The zero-order valence-corrected chi connectivity index (χ0v) is 20.0. The molecule has 0 fully saturated rings. The maximum Gasteiger partial charge on any atom is 0.335 e. The third-order valence-electron chi connectivity index (χ3n) is 5.87. The number of aromatic carboxylic acids is 1. The number of halogens is 1. The van der Waals surface area contributed by atoms with Gasteiger partial charge in [-0.1, -0.05) is 53.7 Å². The SMILES string of the molecule is CC(Sc1nc2c(cc1C#N)CC(c1ccccc1)CC2)C(=O)Nc1cc(C(=O)O)ccc1Cl. The van der Waals surface area contributed by atoms with Crippen molar-refractivity contribution in [3.63, 3.8) is 0 Å². The molecule has 0 saturated heterocycles. The quantitative estimate of drug-likeness (QED) is 0.429. The number of aryl methyl sites for hydroxylation is 1. The molecule has 0 saturated carbocycles. The number of carbonyl (C=O) groups excluding carboxylic acids is 1. The van der Waals surface area contributed by atoms with Crippen LogP contribution in [-0.4, -0.2) is 27.2 Å². The number of carboxylic acid groups (broad SMARTS) is 1. The summed E-state index contributed by atoms with van der Waals surface area (Å²) in [5, 5.41) is 21.8. The highest BCUT2D eigenvalue weighted by atomic mass is 35.5. The van der Waals surface area contributed by atoms with Gasteiger partial charge in [-0.2, -0.15) is 5.26 Å². The van der Waals surface area contributed by atoms with Crippen molar-refractivity contribution in [1.82, 2.24) is 4.98 Å². The van der Waals surface area contributed by atoms with Crippen molar-refractivity contribution in [2.45, 2.75) is 42.4 Å². The number of carbonyl (C=O) groups is 2. The van der Waals surface area contributed by atoms with Crippen LogP contribution in [0.1, 0.15) is 52.0 Å². The number of benzene rings is 2. The predicted molar refractivity (Wildman–Crippen MR) is 133 cm³/mol. The Labute approximate surface area is 207 Å². The molecule has 172 valence electrons. The number of anilines is 1. The first-order valence-electron chi connectivity index (χ1n) is 10.8. The molecule has 6 nitrogen and oxygen atoms in total. The smallest absolute Gasteiger partial charge is 0.335 e. The van der Waals surface area contributed by atoms with E-state index in [0.717, 1.165) is 30.5 Å². The Balaban J connectivity index is 1.50. The van der Waals surface area contributed by atoms with Crippen molar-refractivity contribution < 1.29 is 14.7 Å². The van der Waals surface area contributed by atoms with Crippen molar-refractivity contribution in [2.75, 3.05) is 5.32 Å². The number of rotatable bonds is 6. The zero-order chi connectivity index (χ0) is 24.2. The Morgan fingerprint density at radius 2 is 2.00 bits per heavy atom. The summed E-state index contributed by atoms with van der Waals surface area (Å²) in [6.07, 6.45) is 2.63. The summed E-state index contributed by atoms with van der Waals surface area (Å²) in [5.74, 6) is -1.07. The molecule has 1 aliphatic carbocycles. The highest BCUT2D eigenvalue weighted by Gasteiger charge is 2.25. The average Bonchev–Trinajstić information content (AvgIpc) is 2.84. The van der Waals surface area contributed by atoms with Crippen LogP contribution in [0.4, 0.5) is 5.69 Å². The number of aromatic nitrogens is 1. The minimum absolute atomic E-state index is 0.0249. The minimum Gasteiger partial charge on any atom is -0.478 e. The van der Waals surface area contributed by atoms with E-state index in [1.165, 1.54) is 35.5 Å². The molecule has 1 amide bonds. The molecule has 1 heterocycles. The van der Waals surface area contributed by atoms with E-state index < -0.39 is 11.2 Å². The van der Waals surface area contributed by atoms with E-state index in [4.69, 9.17) is 16.6 Å². The summed E-state index contributed by atoms with van der Waals surface area (Å²) in [5.41, 5.74) is 4.04. The van der Waals surface area contributed by atoms with E-state index in [2.05, 4.69) is 23.5 Å². The van der Waals surface area contributed by atoms with Gasteiger partial charge >= 0.3 is 5.97 Å². The fourth-order valence-electron chi connectivity index (χ4n) is 4.03. The summed E-state index contributed by atoms with van der Waals surface area (Å²) in [7, 11) is 0. The Kier molecular flexibility index (Phi) is 7.20. The van der Waals surface area contributed by atoms with Gasteiger partial charge in [-0.25, -0.2) is 9.78 Å². The van der Waals surface area contributed by atoms with Crippen LogP contribution in [0.5, 0.6) is 0 Å². The zero-order valence-electron chi connectivity index (χ0n) is 18.4. The fourth-order valence-corrected chi connectivity index (χ4v) is 5.09. The van der Waals surface area contributed by atoms with Crippen molar-refractivity contribution >= 4 is 40.9 Å². The van der Waals surface area contributed by atoms with Crippen molar-refractivity contribution in [3.8, 4) is 6.07 Å². The highest BCUT2D eigenvalue weighted by Crippen LogP contribution is 2.35. The van der Waals surface area contributed by atoms with Gasteiger partial charge in [-0.15, -0.1) is 0 Å². The lowest BCUT2D eigenvalue weighted by Gasteiger charge is -2.25. The van der Waals surface area contributed by atoms with E-state index in [1.54, 1.807) is 6.92 Å². The lowest BCUT2D eigenvalue weighted by molar-refractivity contribution is -0.115. The maximum atomic E-state index is 12.8. The van der Waals surface area contributed by atoms with Crippen LogP contribution >= 0.6 is 23.4 Å². The normalized spacial score (nSPS) is 15.6. The number of nitriles is 1. The number of nitrogens with zero attached hydrogens (tertiary/aromatic N) is 2. The van der Waals surface area contributed by atoms with Gasteiger partial charge < -0.3 is 10.4 Å². The molecule has 2 atom stereocenters. The van der Waals surface area contributed by atoms with Gasteiger partial charge in [0.25, 0.3) is 0 Å². The van der Waals surface area contributed by atoms with Crippen LogP contribution < -0.4 is 5.32 Å². The Bertz CT molecular complexity index is 1290. The van der Waals surface area contributed by atoms with Gasteiger partial charge in [0.05, 0.1) is 27.1 Å². The molecule has 34 heavy (non-hydrogen) atoms. The van der Waals surface area contributed by atoms with E-state index >= 15 is 0 Å². The maximum absolute atomic E-state index is 12.8. The molecule has 8 heteroatoms. The summed E-state index contributed by atoms with van der Waals surface area (Å²) < 4.78 is 0. The first kappa shape index (κ1) is 23.8. The van der Waals surface area contributed by atoms with Crippen LogP contribution in [0.2, 0.25) is 5.02 Å². The number of pyridine rings is 1. The van der Waals surface area contributed by atoms with Crippen molar-refractivity contribution in [1.29, 1.82) is 5.26 Å². The minimum atomic E-state index is -1.11. The second kappa shape index (κ2) is 10.3. The third-order valence-corrected chi connectivity index (χ3v) is 7.30. The van der Waals surface area contributed by atoms with Crippen LogP contribution in [-0.2, 0) is 17.6 Å². The van der Waals surface area contributed by atoms with Crippen LogP contribution in [0.3, 0.4) is 0 Å². The molecule has 1 aliphatic rings. The molecule has 1 aromatic heterocycles. The van der Waals surface area contributed by atoms with Gasteiger partial charge in [-0.3, -0.25) is 4.79 Å². The molecule has 0 bridgehead atoms. The number of amides is 1. The molecule has 4 rings (SSSR count). The number of hydrogen-bond donors (Lipinski definition) is 2. The standard InChI is InChI=1S/C26H22ClN3O3S/c1-15(24(31)29-23-13-18(26(32)33)7-9-21(23)27)34-25-20(14-28)12-19-11-17(8-10-22(19)30-25)16-5-3-2-4-6-16/h2-7,9,12-13,15,17H,8,10-11H2,1H3,(H,29,31)(H,32,33). The van der Waals surface area contributed by atoms with E-state index in [0.29, 0.717) is 16.5 Å². The molecule has 2 aromatic carbocycles. The summed E-state index contributed by atoms with van der Waals surface area (Å²) in [6.45, 7) is 1.71. The largest absolute Gasteiger partial charge is 0.478 e. The average molecular weight is 492 g/mol. The number of fused-ring (bicyclic) bond motifs is 1. The molecule has 0 radical (unpaired) electrons. The lowest BCUT2D eigenvalue weighted by atomic mass is 9.82. The van der Waals surface area contributed by atoms with Crippen molar-refractivity contribution in [3.05, 3.63) is 87.6 Å². The Morgan fingerprint density at radius 1 is 1.24 bits per heavy atom. The monoisotopic (exact) mass is 491 g/mol. The van der Waals surface area contributed by atoms with Crippen molar-refractivity contribution in [2.24, 2.45) is 0 Å². The first-order valence-corrected chi connectivity index (χ1v) is 12.1. The lowest BCUT2D eigenvalue weighted by Crippen LogP contribution is -2.23. The molecule has 2 N–H and O–H groups in total. The van der Waals surface area contributed by atoms with Gasteiger partial charge in [0.2, 0.25) is 5.91 Å². The number of hydrogen-bond acceptors (Lipinski definition) is 5. The molecule has 0 aliphatic heterocycles. The number of thioether (sulfide) groups is 1. The second-order valence-corrected chi connectivity index (χ2v) is 9.89. The van der Waals surface area contributed by atoms with E-state index in [1.807, 2.05) is 24.3 Å². The van der Waals surface area contributed by atoms with Crippen LogP contribution in [0, 0.1) is 11.3 Å². The van der Waals surface area contributed by atoms with Crippen LogP contribution in [0.15, 0.2) is 59.6 Å². The highest BCUT2D eigenvalue weighted by molar-refractivity contribution is 8.00. The number of nitrogens with one attached hydrogen (secondary N) is 1. The Morgan fingerprint density at radius 3 is 2.71 bits per heavy atom. The van der Waals surface area contributed by atoms with Gasteiger partial charge in [-0.05, 0) is 67.5 Å². The fraction of sp³-hybridized carbons (Fsp3) is 0.231. The topological polar surface area (TPSA) is 103 Å². The predicted octanol–water partition coefficient (Wildman–Crippen LogP) is 5.70. The third kappa shape index (κ3) is 5.24. The van der Waals surface area contributed by atoms with Gasteiger partial charge in [0.15, 0.2) is 0 Å². The van der Waals surface area contributed by atoms with Crippen LogP contribution in [0.25, 0.3) is 0 Å². The Hall–Kier alpha value is -3.34. The first-order chi connectivity index (χ1) is 16.4. The van der Waals surface area contributed by atoms with E-state index in [9.17, 15) is 20.0 Å². The van der Waals surface area contributed by atoms with Gasteiger partial charge in [0.1, 0.15) is 11.1 Å². The second-order valence-electron chi connectivity index (χ2n) is 8.16.